The Morgan fingerprint density at radius 1 is 1.50 bits per heavy atom. The van der Waals surface area contributed by atoms with Gasteiger partial charge in [-0.25, -0.2) is 9.78 Å². The predicted octanol–water partition coefficient (Wildman–Crippen LogP) is 0.274. The Morgan fingerprint density at radius 2 is 2.15 bits per heavy atom. The number of amides is 1. The summed E-state index contributed by atoms with van der Waals surface area (Å²) in [6.45, 7) is 2.78. The third kappa shape index (κ3) is 3.14. The number of nitrogens with zero attached hydrogens (tertiary/aromatic N) is 1. The van der Waals surface area contributed by atoms with E-state index in [0.717, 1.165) is 11.3 Å². The van der Waals surface area contributed by atoms with Crippen LogP contribution < -0.4 is 11.1 Å². The lowest BCUT2D eigenvalue weighted by Gasteiger charge is -2.31. The molecule has 8 heteroatoms. The summed E-state index contributed by atoms with van der Waals surface area (Å²) in [5.41, 5.74) is 5.60. The number of hydrogen-bond donors (Lipinski definition) is 3. The molecular weight excluding hydrogens is 282 g/mol. The van der Waals surface area contributed by atoms with Crippen molar-refractivity contribution in [2.75, 3.05) is 13.2 Å². The number of nitrogens with one attached hydrogen (secondary N) is 1. The van der Waals surface area contributed by atoms with Crippen LogP contribution in [0.25, 0.3) is 0 Å². The molecule has 0 aromatic carbocycles. The minimum absolute atomic E-state index is 0.192. The maximum absolute atomic E-state index is 12.1. The Kier molecular flexibility index (Phi) is 4.36. The molecule has 7 nitrogen and oxygen atoms in total. The molecule has 1 fully saturated rings. The molecule has 0 bridgehead atoms. The lowest BCUT2D eigenvalue weighted by Crippen LogP contribution is -2.56. The molecule has 1 amide bonds. The summed E-state index contributed by atoms with van der Waals surface area (Å²) in [5, 5.41) is 12.2. The van der Waals surface area contributed by atoms with Crippen molar-refractivity contribution in [3.63, 3.8) is 0 Å². The van der Waals surface area contributed by atoms with E-state index >= 15 is 0 Å². The average molecular weight is 299 g/mol. The van der Waals surface area contributed by atoms with Gasteiger partial charge in [-0.1, -0.05) is 0 Å². The average Bonchev–Trinajstić information content (AvgIpc) is 2.78. The van der Waals surface area contributed by atoms with Crippen LogP contribution in [0, 0.1) is 6.92 Å². The summed E-state index contributed by atoms with van der Waals surface area (Å²) in [6.07, 6.45) is 0.964. The maximum Gasteiger partial charge on any atom is 0.347 e. The number of aryl methyl sites for hydroxylation is 1. The van der Waals surface area contributed by atoms with Crippen LogP contribution in [-0.2, 0) is 16.1 Å². The van der Waals surface area contributed by atoms with Gasteiger partial charge in [-0.2, -0.15) is 0 Å². The van der Waals surface area contributed by atoms with Gasteiger partial charge in [0.2, 0.25) is 5.91 Å². The highest BCUT2D eigenvalue weighted by Crippen LogP contribution is 2.20. The Morgan fingerprint density at radius 3 is 2.70 bits per heavy atom. The standard InChI is InChI=1S/C12H17N3O4S/c1-7-9(10(16)17)20-8(15-7)6-14-11(18)12(13)2-4-19-5-3-12/h2-6,13H2,1H3,(H,14,18)(H,16,17). The lowest BCUT2D eigenvalue weighted by molar-refractivity contribution is -0.129. The summed E-state index contributed by atoms with van der Waals surface area (Å²) >= 11 is 1.06. The van der Waals surface area contributed by atoms with Gasteiger partial charge >= 0.3 is 5.97 Å². The van der Waals surface area contributed by atoms with E-state index < -0.39 is 11.5 Å². The second kappa shape index (κ2) is 5.86. The van der Waals surface area contributed by atoms with Gasteiger partial charge in [-0.15, -0.1) is 11.3 Å². The summed E-state index contributed by atoms with van der Waals surface area (Å²) < 4.78 is 5.19. The van der Waals surface area contributed by atoms with Gasteiger partial charge in [0, 0.05) is 13.2 Å². The molecule has 1 aromatic rings. The molecule has 0 radical (unpaired) electrons. The van der Waals surface area contributed by atoms with E-state index in [2.05, 4.69) is 10.3 Å². The molecular formula is C12H17N3O4S. The summed E-state index contributed by atoms with van der Waals surface area (Å²) in [6, 6.07) is 0. The van der Waals surface area contributed by atoms with E-state index in [1.54, 1.807) is 6.92 Å². The Balaban J connectivity index is 1.96. The number of rotatable bonds is 4. The van der Waals surface area contributed by atoms with E-state index in [1.807, 2.05) is 0 Å². The molecule has 4 N–H and O–H groups in total. The van der Waals surface area contributed by atoms with E-state index in [9.17, 15) is 9.59 Å². The number of carbonyl (C=O) groups excluding carboxylic acids is 1. The number of hydrogen-bond acceptors (Lipinski definition) is 6. The van der Waals surface area contributed by atoms with Crippen LogP contribution in [0.3, 0.4) is 0 Å². The van der Waals surface area contributed by atoms with Crippen LogP contribution in [0.1, 0.15) is 33.2 Å². The van der Waals surface area contributed by atoms with Crippen LogP contribution >= 0.6 is 11.3 Å². The van der Waals surface area contributed by atoms with Gasteiger partial charge in [0.25, 0.3) is 0 Å². The molecule has 0 spiro atoms. The molecule has 110 valence electrons. The molecule has 2 rings (SSSR count). The zero-order valence-corrected chi connectivity index (χ0v) is 12.0. The van der Waals surface area contributed by atoms with Gasteiger partial charge in [0.1, 0.15) is 9.88 Å². The van der Waals surface area contributed by atoms with E-state index in [-0.39, 0.29) is 17.3 Å². The van der Waals surface area contributed by atoms with Gasteiger partial charge in [-0.3, -0.25) is 4.79 Å². The van der Waals surface area contributed by atoms with Crippen LogP contribution in [0.2, 0.25) is 0 Å². The highest BCUT2D eigenvalue weighted by Gasteiger charge is 2.35. The second-order valence-electron chi connectivity index (χ2n) is 4.78. The van der Waals surface area contributed by atoms with E-state index in [0.29, 0.717) is 36.8 Å². The number of thiazole rings is 1. The SMILES string of the molecule is Cc1nc(CNC(=O)C2(N)CCOCC2)sc1C(=O)O. The summed E-state index contributed by atoms with van der Waals surface area (Å²) in [7, 11) is 0. The first-order chi connectivity index (χ1) is 9.42. The number of carbonyl (C=O) groups is 2. The van der Waals surface area contributed by atoms with Gasteiger partial charge in [-0.05, 0) is 19.8 Å². The molecule has 0 saturated carbocycles. The van der Waals surface area contributed by atoms with Crippen LogP contribution in [0.5, 0.6) is 0 Å². The Hall–Kier alpha value is -1.51. The van der Waals surface area contributed by atoms with Crippen molar-refractivity contribution < 1.29 is 19.4 Å². The monoisotopic (exact) mass is 299 g/mol. The molecule has 0 unspecified atom stereocenters. The number of carboxylic acid groups (broad SMARTS) is 1. The van der Waals surface area contributed by atoms with Crippen LogP contribution in [0.4, 0.5) is 0 Å². The summed E-state index contributed by atoms with van der Waals surface area (Å²) in [5.74, 6) is -1.25. The Labute approximate surface area is 120 Å². The molecule has 2 heterocycles. The topological polar surface area (TPSA) is 115 Å². The fraction of sp³-hybridized carbons (Fsp3) is 0.583. The molecule has 20 heavy (non-hydrogen) atoms. The molecule has 0 atom stereocenters. The third-order valence-electron chi connectivity index (χ3n) is 3.27. The predicted molar refractivity (Wildman–Crippen MR) is 72.6 cm³/mol. The van der Waals surface area contributed by atoms with E-state index in [1.165, 1.54) is 0 Å². The van der Waals surface area contributed by atoms with Gasteiger partial charge in [0.05, 0.1) is 17.8 Å². The minimum Gasteiger partial charge on any atom is -0.477 e. The molecule has 1 saturated heterocycles. The first kappa shape index (κ1) is 14.9. The number of aromatic carboxylic acids is 1. The third-order valence-corrected chi connectivity index (χ3v) is 4.42. The number of carboxylic acids is 1. The van der Waals surface area contributed by atoms with Crippen molar-refractivity contribution in [2.24, 2.45) is 5.73 Å². The zero-order valence-electron chi connectivity index (χ0n) is 11.1. The summed E-state index contributed by atoms with van der Waals surface area (Å²) in [4.78, 5) is 27.3. The maximum atomic E-state index is 12.1. The molecule has 0 aliphatic carbocycles. The van der Waals surface area contributed by atoms with Gasteiger partial charge in [0.15, 0.2) is 0 Å². The first-order valence-corrected chi connectivity index (χ1v) is 7.08. The van der Waals surface area contributed by atoms with Crippen molar-refractivity contribution in [3.8, 4) is 0 Å². The van der Waals surface area contributed by atoms with Crippen LogP contribution in [-0.4, -0.2) is 40.7 Å². The highest BCUT2D eigenvalue weighted by atomic mass is 32.1. The molecule has 1 aromatic heterocycles. The van der Waals surface area contributed by atoms with E-state index in [4.69, 9.17) is 15.6 Å². The van der Waals surface area contributed by atoms with Crippen molar-refractivity contribution in [1.29, 1.82) is 0 Å². The van der Waals surface area contributed by atoms with Crippen LogP contribution in [0.15, 0.2) is 0 Å². The van der Waals surface area contributed by atoms with Crippen molar-refractivity contribution in [1.82, 2.24) is 10.3 Å². The molecule has 1 aliphatic heterocycles. The zero-order chi connectivity index (χ0) is 14.8. The first-order valence-electron chi connectivity index (χ1n) is 6.27. The van der Waals surface area contributed by atoms with Crippen molar-refractivity contribution >= 4 is 23.2 Å². The number of nitrogens with two attached hydrogens (primary N) is 1. The highest BCUT2D eigenvalue weighted by molar-refractivity contribution is 7.13. The smallest absolute Gasteiger partial charge is 0.347 e. The van der Waals surface area contributed by atoms with Crippen molar-refractivity contribution in [2.45, 2.75) is 31.8 Å². The lowest BCUT2D eigenvalue weighted by atomic mass is 9.90. The fourth-order valence-electron chi connectivity index (χ4n) is 2.02. The number of aromatic nitrogens is 1. The quantitative estimate of drug-likeness (QED) is 0.735. The van der Waals surface area contributed by atoms with Crippen molar-refractivity contribution in [3.05, 3.63) is 15.6 Å². The Bertz CT molecular complexity index is 523. The minimum atomic E-state index is -1.00. The normalized spacial score (nSPS) is 17.7. The largest absolute Gasteiger partial charge is 0.477 e. The fourth-order valence-corrected chi connectivity index (χ4v) is 2.86. The van der Waals surface area contributed by atoms with Gasteiger partial charge < -0.3 is 20.9 Å². The second-order valence-corrected chi connectivity index (χ2v) is 5.86. The number of ether oxygens (including phenoxy) is 1. The molecule has 1 aliphatic rings.